The lowest BCUT2D eigenvalue weighted by atomic mass is 10.5. The highest BCUT2D eigenvalue weighted by Gasteiger charge is 2.14. The molecular formula is C6H9N2O2S. The third kappa shape index (κ3) is 1.89. The van der Waals surface area contributed by atoms with Crippen LogP contribution >= 0.6 is 11.3 Å². The van der Waals surface area contributed by atoms with Crippen molar-refractivity contribution in [3.8, 4) is 0 Å². The van der Waals surface area contributed by atoms with Gasteiger partial charge in [0, 0.05) is 19.6 Å². The molecule has 0 saturated carbocycles. The molecule has 0 amide bonds. The van der Waals surface area contributed by atoms with E-state index in [1.165, 1.54) is 25.6 Å². The number of anilines is 1. The topological polar surface area (TPSA) is 57.4 Å². The van der Waals surface area contributed by atoms with Crippen molar-refractivity contribution >= 4 is 16.5 Å². The molecule has 0 fully saturated rings. The summed E-state index contributed by atoms with van der Waals surface area (Å²) in [4.78, 5) is 3.96. The van der Waals surface area contributed by atoms with Crippen molar-refractivity contribution in [3.63, 3.8) is 0 Å². The van der Waals surface area contributed by atoms with Gasteiger partial charge in [0.1, 0.15) is 5.69 Å². The summed E-state index contributed by atoms with van der Waals surface area (Å²) in [6, 6.07) is 0. The lowest BCUT2D eigenvalue weighted by molar-refractivity contribution is 0.0249. The predicted octanol–water partition coefficient (Wildman–Crippen LogP) is 0.856. The molecule has 0 aliphatic heterocycles. The molecule has 1 aromatic heterocycles. The van der Waals surface area contributed by atoms with Crippen molar-refractivity contribution < 1.29 is 9.47 Å². The average Bonchev–Trinajstić information content (AvgIpc) is 2.39. The molecule has 4 nitrogen and oxygen atoms in total. The van der Waals surface area contributed by atoms with E-state index in [1.807, 2.05) is 0 Å². The highest BCUT2D eigenvalue weighted by molar-refractivity contribution is 7.13. The molecular weight excluding hydrogens is 164 g/mol. The highest BCUT2D eigenvalue weighted by atomic mass is 32.1. The Labute approximate surface area is 69.0 Å². The number of nitrogens with zero attached hydrogens (tertiary/aromatic N) is 1. The van der Waals surface area contributed by atoms with Crippen LogP contribution < -0.4 is 5.73 Å². The van der Waals surface area contributed by atoms with Gasteiger partial charge in [-0.05, 0) is 0 Å². The number of rotatable bonds is 3. The Morgan fingerprint density at radius 1 is 1.55 bits per heavy atom. The van der Waals surface area contributed by atoms with E-state index in [0.717, 1.165) is 0 Å². The van der Waals surface area contributed by atoms with Crippen LogP contribution in [0.4, 0.5) is 5.13 Å². The monoisotopic (exact) mass is 173 g/mol. The Kier molecular flexibility index (Phi) is 2.81. The van der Waals surface area contributed by atoms with Crippen LogP contribution in [-0.2, 0) is 9.47 Å². The van der Waals surface area contributed by atoms with Crippen LogP contribution in [0.25, 0.3) is 0 Å². The molecule has 2 N–H and O–H groups in total. The molecule has 1 heterocycles. The van der Waals surface area contributed by atoms with Crippen molar-refractivity contribution in [1.82, 2.24) is 4.98 Å². The third-order valence-corrected chi connectivity index (χ3v) is 1.78. The van der Waals surface area contributed by atoms with Crippen molar-refractivity contribution in [2.24, 2.45) is 0 Å². The average molecular weight is 173 g/mol. The van der Waals surface area contributed by atoms with Gasteiger partial charge in [-0.3, -0.25) is 0 Å². The molecule has 0 atom stereocenters. The number of ether oxygens (including phenoxy) is 2. The fraction of sp³-hybridized carbons (Fsp3) is 0.333. The Bertz CT molecular complexity index is 222. The first-order valence-electron chi connectivity index (χ1n) is 2.94. The van der Waals surface area contributed by atoms with Crippen molar-refractivity contribution in [2.45, 2.75) is 0 Å². The SMILES string of the molecule is CO[C](OC)c1csc(N)n1. The summed E-state index contributed by atoms with van der Waals surface area (Å²) in [5, 5.41) is 2.28. The van der Waals surface area contributed by atoms with Crippen molar-refractivity contribution in [3.05, 3.63) is 17.4 Å². The summed E-state index contributed by atoms with van der Waals surface area (Å²) in [6.07, 6.45) is 0.387. The number of thiazole rings is 1. The maximum Gasteiger partial charge on any atom is 0.275 e. The molecule has 0 saturated heterocycles. The van der Waals surface area contributed by atoms with Crippen LogP contribution in [0.1, 0.15) is 5.69 Å². The summed E-state index contributed by atoms with van der Waals surface area (Å²) >= 11 is 1.35. The molecule has 1 rings (SSSR count). The Morgan fingerprint density at radius 2 is 2.18 bits per heavy atom. The van der Waals surface area contributed by atoms with E-state index in [9.17, 15) is 0 Å². The van der Waals surface area contributed by atoms with Crippen LogP contribution in [-0.4, -0.2) is 19.2 Å². The van der Waals surface area contributed by atoms with E-state index in [2.05, 4.69) is 4.98 Å². The number of aromatic nitrogens is 1. The van der Waals surface area contributed by atoms with Gasteiger partial charge in [0.2, 0.25) is 0 Å². The number of hydrogen-bond acceptors (Lipinski definition) is 5. The van der Waals surface area contributed by atoms with E-state index < -0.39 is 0 Å². The minimum atomic E-state index is 0.387. The standard InChI is InChI=1S/C6H9N2O2S/c1-9-5(10-2)4-3-11-6(7)8-4/h3H,1-2H3,(H2,7,8). The van der Waals surface area contributed by atoms with Gasteiger partial charge in [-0.15, -0.1) is 11.3 Å². The fourth-order valence-electron chi connectivity index (χ4n) is 0.674. The molecule has 61 valence electrons. The van der Waals surface area contributed by atoms with E-state index in [-0.39, 0.29) is 0 Å². The van der Waals surface area contributed by atoms with Crippen molar-refractivity contribution in [2.75, 3.05) is 20.0 Å². The molecule has 0 aliphatic rings. The van der Waals surface area contributed by atoms with Gasteiger partial charge in [0.05, 0.1) is 0 Å². The van der Waals surface area contributed by atoms with Crippen LogP contribution in [0.3, 0.4) is 0 Å². The molecule has 1 aromatic rings. The molecule has 0 unspecified atom stereocenters. The lowest BCUT2D eigenvalue weighted by Crippen LogP contribution is -2.05. The summed E-state index contributed by atoms with van der Waals surface area (Å²) in [5.74, 6) is 0. The lowest BCUT2D eigenvalue weighted by Gasteiger charge is -2.06. The van der Waals surface area contributed by atoms with Gasteiger partial charge in [0.15, 0.2) is 5.13 Å². The molecule has 0 bridgehead atoms. The summed E-state index contributed by atoms with van der Waals surface area (Å²) in [6.45, 7) is 0. The highest BCUT2D eigenvalue weighted by Crippen LogP contribution is 2.19. The van der Waals surface area contributed by atoms with Crippen LogP contribution in [0, 0.1) is 6.29 Å². The first-order chi connectivity index (χ1) is 5.27. The van der Waals surface area contributed by atoms with Gasteiger partial charge in [-0.25, -0.2) is 4.98 Å². The second kappa shape index (κ2) is 3.66. The maximum absolute atomic E-state index is 5.41. The minimum absolute atomic E-state index is 0.387. The first-order valence-corrected chi connectivity index (χ1v) is 3.82. The van der Waals surface area contributed by atoms with Crippen LogP contribution in [0.15, 0.2) is 5.38 Å². The Hall–Kier alpha value is -0.650. The predicted molar refractivity (Wildman–Crippen MR) is 42.9 cm³/mol. The largest absolute Gasteiger partial charge is 0.375 e. The molecule has 0 spiro atoms. The molecule has 0 aromatic carbocycles. The number of hydrogen-bond donors (Lipinski definition) is 1. The first kappa shape index (κ1) is 8.45. The summed E-state index contributed by atoms with van der Waals surface area (Å²) in [5.41, 5.74) is 6.05. The zero-order valence-corrected chi connectivity index (χ0v) is 7.14. The smallest absolute Gasteiger partial charge is 0.275 e. The minimum Gasteiger partial charge on any atom is -0.375 e. The summed E-state index contributed by atoms with van der Waals surface area (Å²) in [7, 11) is 3.04. The van der Waals surface area contributed by atoms with Crippen LogP contribution in [0.2, 0.25) is 0 Å². The van der Waals surface area contributed by atoms with Gasteiger partial charge in [-0.2, -0.15) is 0 Å². The molecule has 0 aliphatic carbocycles. The number of nitrogen functional groups attached to an aromatic ring is 1. The Balaban J connectivity index is 2.73. The van der Waals surface area contributed by atoms with Crippen molar-refractivity contribution in [1.29, 1.82) is 0 Å². The fourth-order valence-corrected chi connectivity index (χ4v) is 1.21. The number of methoxy groups -OCH3 is 2. The van der Waals surface area contributed by atoms with E-state index >= 15 is 0 Å². The normalized spacial score (nSPS) is 10.8. The zero-order chi connectivity index (χ0) is 8.27. The van der Waals surface area contributed by atoms with Gasteiger partial charge >= 0.3 is 0 Å². The molecule has 1 radical (unpaired) electrons. The number of nitrogens with two attached hydrogens (primary N) is 1. The van der Waals surface area contributed by atoms with Gasteiger partial charge in [0.25, 0.3) is 6.29 Å². The van der Waals surface area contributed by atoms with Gasteiger partial charge in [-0.1, -0.05) is 0 Å². The maximum atomic E-state index is 5.41. The molecule has 11 heavy (non-hydrogen) atoms. The molecule has 5 heteroatoms. The van der Waals surface area contributed by atoms with E-state index in [1.54, 1.807) is 5.38 Å². The quantitative estimate of drug-likeness (QED) is 0.736. The Morgan fingerprint density at radius 3 is 2.55 bits per heavy atom. The van der Waals surface area contributed by atoms with Gasteiger partial charge < -0.3 is 15.2 Å². The third-order valence-electron chi connectivity index (χ3n) is 1.10. The summed E-state index contributed by atoms with van der Waals surface area (Å²) < 4.78 is 9.76. The second-order valence-electron chi connectivity index (χ2n) is 1.77. The zero-order valence-electron chi connectivity index (χ0n) is 6.33. The second-order valence-corrected chi connectivity index (χ2v) is 2.66. The van der Waals surface area contributed by atoms with Crippen LogP contribution in [0.5, 0.6) is 0 Å². The van der Waals surface area contributed by atoms with E-state index in [4.69, 9.17) is 15.2 Å². The van der Waals surface area contributed by atoms with E-state index in [0.29, 0.717) is 17.1 Å².